The van der Waals surface area contributed by atoms with Gasteiger partial charge in [-0.3, -0.25) is 4.79 Å². The first-order valence-corrected chi connectivity index (χ1v) is 8.78. The van der Waals surface area contributed by atoms with E-state index in [2.05, 4.69) is 16.4 Å². The topological polar surface area (TPSA) is 51.2 Å². The Bertz CT molecular complexity index is 796. The zero-order chi connectivity index (χ0) is 16.8. The number of fused-ring (bicyclic) bond motifs is 1. The lowest BCUT2D eigenvalue weighted by Gasteiger charge is -2.06. The van der Waals surface area contributed by atoms with Crippen LogP contribution in [-0.4, -0.2) is 24.5 Å². The van der Waals surface area contributed by atoms with Crippen LogP contribution in [0.15, 0.2) is 48.5 Å². The third kappa shape index (κ3) is 4.19. The van der Waals surface area contributed by atoms with E-state index >= 15 is 0 Å². The second kappa shape index (κ2) is 8.04. The van der Waals surface area contributed by atoms with Gasteiger partial charge in [0, 0.05) is 25.6 Å². The van der Waals surface area contributed by atoms with Gasteiger partial charge in [-0.1, -0.05) is 24.3 Å². The Balaban J connectivity index is 1.49. The molecular weight excluding hydrogens is 320 g/mol. The molecule has 0 aliphatic carbocycles. The quantitative estimate of drug-likeness (QED) is 0.666. The third-order valence-electron chi connectivity index (χ3n) is 3.69. The maximum absolute atomic E-state index is 12.2. The highest BCUT2D eigenvalue weighted by atomic mass is 32.1. The fraction of sp³-hybridized carbons (Fsp3) is 0.263. The van der Waals surface area contributed by atoms with Gasteiger partial charge in [-0.15, -0.1) is 11.3 Å². The number of para-hydroxylation sites is 1. The molecule has 0 aliphatic heterocycles. The van der Waals surface area contributed by atoms with Gasteiger partial charge in [0.05, 0.1) is 21.8 Å². The standard InChI is InChI=1S/C19H20N2O2S/c1-23-13-14-6-4-7-15(12-14)19(22)20-11-5-10-18-21-16-8-2-3-9-17(16)24-18/h2-4,6-9,12H,5,10-11,13H2,1H3,(H,20,22). The molecule has 0 saturated carbocycles. The third-order valence-corrected chi connectivity index (χ3v) is 4.79. The Labute approximate surface area is 145 Å². The number of rotatable bonds is 7. The summed E-state index contributed by atoms with van der Waals surface area (Å²) < 4.78 is 6.31. The summed E-state index contributed by atoms with van der Waals surface area (Å²) in [4.78, 5) is 16.8. The molecule has 1 N–H and O–H groups in total. The number of benzene rings is 2. The van der Waals surface area contributed by atoms with Crippen LogP contribution in [0.1, 0.15) is 27.3 Å². The number of ether oxygens (including phenoxy) is 1. The molecule has 5 heteroatoms. The SMILES string of the molecule is COCc1cccc(C(=O)NCCCc2nc3ccccc3s2)c1. The lowest BCUT2D eigenvalue weighted by atomic mass is 10.1. The molecule has 3 rings (SSSR count). The second-order valence-electron chi connectivity index (χ2n) is 5.57. The average Bonchev–Trinajstić information content (AvgIpc) is 3.02. The molecule has 0 fully saturated rings. The van der Waals surface area contributed by atoms with Gasteiger partial charge in [-0.25, -0.2) is 4.98 Å². The van der Waals surface area contributed by atoms with Crippen molar-refractivity contribution in [1.82, 2.24) is 10.3 Å². The van der Waals surface area contributed by atoms with Crippen LogP contribution < -0.4 is 5.32 Å². The first kappa shape index (κ1) is 16.6. The predicted octanol–water partition coefficient (Wildman–Crippen LogP) is 3.81. The van der Waals surface area contributed by atoms with Crippen molar-refractivity contribution in [1.29, 1.82) is 0 Å². The number of hydrogen-bond donors (Lipinski definition) is 1. The van der Waals surface area contributed by atoms with Crippen LogP contribution >= 0.6 is 11.3 Å². The molecule has 124 valence electrons. The van der Waals surface area contributed by atoms with Gasteiger partial charge < -0.3 is 10.1 Å². The lowest BCUT2D eigenvalue weighted by molar-refractivity contribution is 0.0953. The molecule has 0 saturated heterocycles. The van der Waals surface area contributed by atoms with E-state index in [1.54, 1.807) is 18.4 Å². The molecule has 0 atom stereocenters. The van der Waals surface area contributed by atoms with Crippen molar-refractivity contribution in [3.05, 3.63) is 64.7 Å². The molecule has 3 aromatic rings. The number of amides is 1. The fourth-order valence-corrected chi connectivity index (χ4v) is 3.55. The number of carbonyl (C=O) groups excluding carboxylic acids is 1. The van der Waals surface area contributed by atoms with Gasteiger partial charge in [0.15, 0.2) is 0 Å². The van der Waals surface area contributed by atoms with E-state index < -0.39 is 0 Å². The van der Waals surface area contributed by atoms with Crippen molar-refractivity contribution in [2.45, 2.75) is 19.4 Å². The van der Waals surface area contributed by atoms with E-state index in [9.17, 15) is 4.79 Å². The zero-order valence-electron chi connectivity index (χ0n) is 13.6. The molecule has 0 radical (unpaired) electrons. The maximum Gasteiger partial charge on any atom is 0.251 e. The Morgan fingerprint density at radius 3 is 2.92 bits per heavy atom. The van der Waals surface area contributed by atoms with Gasteiger partial charge in [-0.2, -0.15) is 0 Å². The summed E-state index contributed by atoms with van der Waals surface area (Å²) in [7, 11) is 1.65. The molecule has 1 amide bonds. The summed E-state index contributed by atoms with van der Waals surface area (Å²) in [5.41, 5.74) is 2.72. The fourth-order valence-electron chi connectivity index (χ4n) is 2.54. The van der Waals surface area contributed by atoms with Crippen LogP contribution in [0.2, 0.25) is 0 Å². The number of methoxy groups -OCH3 is 1. The summed E-state index contributed by atoms with van der Waals surface area (Å²) in [5.74, 6) is -0.0442. The normalized spacial score (nSPS) is 10.9. The zero-order valence-corrected chi connectivity index (χ0v) is 14.4. The molecular formula is C19H20N2O2S. The van der Waals surface area contributed by atoms with Crippen LogP contribution in [-0.2, 0) is 17.8 Å². The van der Waals surface area contributed by atoms with E-state index in [-0.39, 0.29) is 5.91 Å². The molecule has 0 spiro atoms. The summed E-state index contributed by atoms with van der Waals surface area (Å²) >= 11 is 1.72. The summed E-state index contributed by atoms with van der Waals surface area (Å²) in [6, 6.07) is 15.7. The number of aromatic nitrogens is 1. The van der Waals surface area contributed by atoms with Crippen molar-refractivity contribution in [2.24, 2.45) is 0 Å². The minimum Gasteiger partial charge on any atom is -0.380 e. The van der Waals surface area contributed by atoms with Gasteiger partial charge in [0.25, 0.3) is 5.91 Å². The smallest absolute Gasteiger partial charge is 0.251 e. The summed E-state index contributed by atoms with van der Waals surface area (Å²) in [6.45, 7) is 1.15. The molecule has 1 heterocycles. The highest BCUT2D eigenvalue weighted by Crippen LogP contribution is 2.22. The summed E-state index contributed by atoms with van der Waals surface area (Å²) in [6.07, 6.45) is 1.76. The Morgan fingerprint density at radius 1 is 1.21 bits per heavy atom. The van der Waals surface area contributed by atoms with Crippen molar-refractivity contribution in [3.8, 4) is 0 Å². The number of nitrogens with one attached hydrogen (secondary N) is 1. The first-order chi connectivity index (χ1) is 11.8. The van der Waals surface area contributed by atoms with Gasteiger partial charge in [0.1, 0.15) is 0 Å². The molecule has 4 nitrogen and oxygen atoms in total. The molecule has 0 unspecified atom stereocenters. The minimum atomic E-state index is -0.0442. The molecule has 0 bridgehead atoms. The van der Waals surface area contributed by atoms with Gasteiger partial charge >= 0.3 is 0 Å². The minimum absolute atomic E-state index is 0.0442. The number of carbonyl (C=O) groups is 1. The Kier molecular flexibility index (Phi) is 5.56. The number of hydrogen-bond acceptors (Lipinski definition) is 4. The number of nitrogens with zero attached hydrogens (tertiary/aromatic N) is 1. The Hall–Kier alpha value is -2.24. The summed E-state index contributed by atoms with van der Waals surface area (Å²) in [5, 5.41) is 4.09. The van der Waals surface area contributed by atoms with Crippen molar-refractivity contribution < 1.29 is 9.53 Å². The van der Waals surface area contributed by atoms with Crippen LogP contribution in [0.25, 0.3) is 10.2 Å². The molecule has 2 aromatic carbocycles. The molecule has 0 aliphatic rings. The monoisotopic (exact) mass is 340 g/mol. The molecule has 1 aromatic heterocycles. The van der Waals surface area contributed by atoms with Gasteiger partial charge in [0.2, 0.25) is 0 Å². The largest absolute Gasteiger partial charge is 0.380 e. The average molecular weight is 340 g/mol. The van der Waals surface area contributed by atoms with Crippen LogP contribution in [0.3, 0.4) is 0 Å². The van der Waals surface area contributed by atoms with Crippen LogP contribution in [0.5, 0.6) is 0 Å². The van der Waals surface area contributed by atoms with Gasteiger partial charge in [-0.05, 0) is 36.2 Å². The highest BCUT2D eigenvalue weighted by Gasteiger charge is 2.07. The van der Waals surface area contributed by atoms with E-state index in [4.69, 9.17) is 4.74 Å². The van der Waals surface area contributed by atoms with Crippen LogP contribution in [0.4, 0.5) is 0 Å². The Morgan fingerprint density at radius 2 is 2.08 bits per heavy atom. The van der Waals surface area contributed by atoms with Crippen LogP contribution in [0, 0.1) is 0 Å². The van der Waals surface area contributed by atoms with E-state index in [1.165, 1.54) is 4.70 Å². The predicted molar refractivity (Wildman–Crippen MR) is 97.4 cm³/mol. The second-order valence-corrected chi connectivity index (χ2v) is 6.68. The highest BCUT2D eigenvalue weighted by molar-refractivity contribution is 7.18. The van der Waals surface area contributed by atoms with E-state index in [0.717, 1.165) is 28.9 Å². The van der Waals surface area contributed by atoms with Crippen molar-refractivity contribution >= 4 is 27.5 Å². The molecule has 24 heavy (non-hydrogen) atoms. The number of aryl methyl sites for hydroxylation is 1. The number of thiazole rings is 1. The maximum atomic E-state index is 12.2. The van der Waals surface area contributed by atoms with Crippen molar-refractivity contribution in [2.75, 3.05) is 13.7 Å². The lowest BCUT2D eigenvalue weighted by Crippen LogP contribution is -2.24. The van der Waals surface area contributed by atoms with E-state index in [1.807, 2.05) is 42.5 Å². The van der Waals surface area contributed by atoms with E-state index in [0.29, 0.717) is 18.7 Å². The van der Waals surface area contributed by atoms with Crippen molar-refractivity contribution in [3.63, 3.8) is 0 Å². The first-order valence-electron chi connectivity index (χ1n) is 7.97.